The van der Waals surface area contributed by atoms with Crippen molar-refractivity contribution in [2.75, 3.05) is 19.6 Å². The van der Waals surface area contributed by atoms with E-state index in [2.05, 4.69) is 6.92 Å². The molecule has 0 heterocycles. The standard InChI is InChI=1S/C12H21ClO/c1-9(7-14-2)12(8-13)6-10-3-4-11(12)5-10/h9-11H,3-8H2,1-2H3. The van der Waals surface area contributed by atoms with E-state index in [9.17, 15) is 0 Å². The van der Waals surface area contributed by atoms with Crippen molar-refractivity contribution < 1.29 is 4.74 Å². The van der Waals surface area contributed by atoms with Gasteiger partial charge in [-0.2, -0.15) is 0 Å². The zero-order valence-electron chi connectivity index (χ0n) is 9.26. The van der Waals surface area contributed by atoms with Crippen LogP contribution < -0.4 is 0 Å². The first-order valence-corrected chi connectivity index (χ1v) is 6.31. The van der Waals surface area contributed by atoms with E-state index >= 15 is 0 Å². The van der Waals surface area contributed by atoms with Crippen LogP contribution in [0.2, 0.25) is 0 Å². The summed E-state index contributed by atoms with van der Waals surface area (Å²) in [6.45, 7) is 3.18. The summed E-state index contributed by atoms with van der Waals surface area (Å²) in [6.07, 6.45) is 5.64. The number of rotatable bonds is 4. The van der Waals surface area contributed by atoms with Crippen LogP contribution in [0.5, 0.6) is 0 Å². The van der Waals surface area contributed by atoms with Crippen molar-refractivity contribution in [1.82, 2.24) is 0 Å². The summed E-state index contributed by atoms with van der Waals surface area (Å²) >= 11 is 6.23. The van der Waals surface area contributed by atoms with Crippen LogP contribution in [-0.2, 0) is 4.74 Å². The normalized spacial score (nSPS) is 43.1. The first kappa shape index (κ1) is 10.8. The van der Waals surface area contributed by atoms with Crippen molar-refractivity contribution in [3.05, 3.63) is 0 Å². The topological polar surface area (TPSA) is 9.23 Å². The molecular weight excluding hydrogens is 196 g/mol. The molecule has 2 heteroatoms. The Morgan fingerprint density at radius 1 is 1.50 bits per heavy atom. The van der Waals surface area contributed by atoms with Crippen LogP contribution >= 0.6 is 11.6 Å². The molecule has 4 unspecified atom stereocenters. The summed E-state index contributed by atoms with van der Waals surface area (Å²) < 4.78 is 5.29. The Kier molecular flexibility index (Phi) is 3.09. The highest BCUT2D eigenvalue weighted by atomic mass is 35.5. The van der Waals surface area contributed by atoms with Gasteiger partial charge in [0, 0.05) is 19.6 Å². The molecule has 14 heavy (non-hydrogen) atoms. The summed E-state index contributed by atoms with van der Waals surface area (Å²) in [6, 6.07) is 0. The van der Waals surface area contributed by atoms with Crippen LogP contribution in [0.1, 0.15) is 32.6 Å². The van der Waals surface area contributed by atoms with Crippen molar-refractivity contribution in [3.63, 3.8) is 0 Å². The maximum Gasteiger partial charge on any atom is 0.0493 e. The molecule has 2 fully saturated rings. The van der Waals surface area contributed by atoms with Gasteiger partial charge in [0.25, 0.3) is 0 Å². The molecule has 1 nitrogen and oxygen atoms in total. The molecule has 0 saturated heterocycles. The maximum atomic E-state index is 6.23. The average Bonchev–Trinajstić information content (AvgIpc) is 2.77. The fourth-order valence-corrected chi connectivity index (χ4v) is 4.39. The van der Waals surface area contributed by atoms with Gasteiger partial charge in [0.1, 0.15) is 0 Å². The average molecular weight is 217 g/mol. The Bertz CT molecular complexity index is 206. The molecule has 2 saturated carbocycles. The van der Waals surface area contributed by atoms with Crippen LogP contribution in [0.25, 0.3) is 0 Å². The van der Waals surface area contributed by atoms with Gasteiger partial charge in [-0.05, 0) is 42.4 Å². The van der Waals surface area contributed by atoms with Crippen molar-refractivity contribution in [2.45, 2.75) is 32.6 Å². The quantitative estimate of drug-likeness (QED) is 0.656. The van der Waals surface area contributed by atoms with Gasteiger partial charge in [0.15, 0.2) is 0 Å². The third kappa shape index (κ3) is 1.49. The zero-order valence-corrected chi connectivity index (χ0v) is 10.0. The number of ether oxygens (including phenoxy) is 1. The SMILES string of the molecule is COCC(C)C1(CCl)CC2CCC1C2. The zero-order chi connectivity index (χ0) is 10.2. The van der Waals surface area contributed by atoms with E-state index in [-0.39, 0.29) is 0 Å². The first-order valence-electron chi connectivity index (χ1n) is 5.78. The summed E-state index contributed by atoms with van der Waals surface area (Å²) in [5.41, 5.74) is 0.403. The molecule has 0 spiro atoms. The molecule has 0 aromatic carbocycles. The van der Waals surface area contributed by atoms with Crippen LogP contribution in [0.4, 0.5) is 0 Å². The third-order valence-electron chi connectivity index (χ3n) is 4.67. The Morgan fingerprint density at radius 2 is 2.29 bits per heavy atom. The van der Waals surface area contributed by atoms with Crippen molar-refractivity contribution in [1.29, 1.82) is 0 Å². The molecule has 0 amide bonds. The van der Waals surface area contributed by atoms with E-state index in [1.807, 2.05) is 0 Å². The van der Waals surface area contributed by atoms with Gasteiger partial charge < -0.3 is 4.74 Å². The molecule has 82 valence electrons. The van der Waals surface area contributed by atoms with E-state index in [0.717, 1.165) is 24.3 Å². The van der Waals surface area contributed by atoms with Gasteiger partial charge in [-0.1, -0.05) is 13.3 Å². The molecule has 2 rings (SSSR count). The van der Waals surface area contributed by atoms with Gasteiger partial charge in [-0.25, -0.2) is 0 Å². The number of methoxy groups -OCH3 is 1. The summed E-state index contributed by atoms with van der Waals surface area (Å²) in [7, 11) is 1.80. The van der Waals surface area contributed by atoms with E-state index in [1.165, 1.54) is 25.7 Å². The minimum Gasteiger partial charge on any atom is -0.384 e. The minimum atomic E-state index is 0.403. The molecular formula is C12H21ClO. The number of hydrogen-bond acceptors (Lipinski definition) is 1. The Balaban J connectivity index is 2.10. The highest BCUT2D eigenvalue weighted by Crippen LogP contribution is 2.59. The van der Waals surface area contributed by atoms with Crippen molar-refractivity contribution in [2.24, 2.45) is 23.2 Å². The van der Waals surface area contributed by atoms with Gasteiger partial charge in [0.05, 0.1) is 0 Å². The van der Waals surface area contributed by atoms with Crippen LogP contribution in [0, 0.1) is 23.2 Å². The highest BCUT2D eigenvalue weighted by molar-refractivity contribution is 6.18. The van der Waals surface area contributed by atoms with E-state index in [4.69, 9.17) is 16.3 Å². The van der Waals surface area contributed by atoms with Crippen molar-refractivity contribution >= 4 is 11.6 Å². The van der Waals surface area contributed by atoms with E-state index in [0.29, 0.717) is 11.3 Å². The maximum absolute atomic E-state index is 6.23. The lowest BCUT2D eigenvalue weighted by Crippen LogP contribution is -2.38. The molecule has 0 N–H and O–H groups in total. The Morgan fingerprint density at radius 3 is 2.71 bits per heavy atom. The lowest BCUT2D eigenvalue weighted by molar-refractivity contribution is 0.0435. The molecule has 0 radical (unpaired) electrons. The molecule has 2 aliphatic rings. The molecule has 2 bridgehead atoms. The lowest BCUT2D eigenvalue weighted by atomic mass is 9.67. The van der Waals surface area contributed by atoms with Gasteiger partial charge >= 0.3 is 0 Å². The minimum absolute atomic E-state index is 0.403. The summed E-state index contributed by atoms with van der Waals surface area (Å²) in [5, 5.41) is 0. The number of halogens is 1. The highest BCUT2D eigenvalue weighted by Gasteiger charge is 2.52. The summed E-state index contributed by atoms with van der Waals surface area (Å²) in [5.74, 6) is 3.31. The number of alkyl halides is 1. The fraction of sp³-hybridized carbons (Fsp3) is 1.00. The van der Waals surface area contributed by atoms with Gasteiger partial charge in [-0.3, -0.25) is 0 Å². The molecule has 0 aromatic rings. The predicted octanol–water partition coefficient (Wildman–Crippen LogP) is 3.31. The number of hydrogen-bond donors (Lipinski definition) is 0. The summed E-state index contributed by atoms with van der Waals surface area (Å²) in [4.78, 5) is 0. The van der Waals surface area contributed by atoms with Crippen LogP contribution in [-0.4, -0.2) is 19.6 Å². The van der Waals surface area contributed by atoms with Crippen molar-refractivity contribution in [3.8, 4) is 0 Å². The first-order chi connectivity index (χ1) is 6.73. The second-order valence-corrected chi connectivity index (χ2v) is 5.57. The third-order valence-corrected chi connectivity index (χ3v) is 5.17. The van der Waals surface area contributed by atoms with Crippen LogP contribution in [0.15, 0.2) is 0 Å². The smallest absolute Gasteiger partial charge is 0.0493 e. The van der Waals surface area contributed by atoms with E-state index < -0.39 is 0 Å². The number of fused-ring (bicyclic) bond motifs is 2. The fourth-order valence-electron chi connectivity index (χ4n) is 3.80. The van der Waals surface area contributed by atoms with Crippen LogP contribution in [0.3, 0.4) is 0 Å². The second kappa shape index (κ2) is 4.02. The van der Waals surface area contributed by atoms with Gasteiger partial charge in [0.2, 0.25) is 0 Å². The molecule has 0 aliphatic heterocycles. The largest absolute Gasteiger partial charge is 0.384 e. The predicted molar refractivity (Wildman–Crippen MR) is 59.6 cm³/mol. The second-order valence-electron chi connectivity index (χ2n) is 5.30. The monoisotopic (exact) mass is 216 g/mol. The Labute approximate surface area is 92.2 Å². The Hall–Kier alpha value is 0.250. The van der Waals surface area contributed by atoms with E-state index in [1.54, 1.807) is 7.11 Å². The molecule has 4 atom stereocenters. The molecule has 0 aromatic heterocycles. The lowest BCUT2D eigenvalue weighted by Gasteiger charge is -2.41. The van der Waals surface area contributed by atoms with Gasteiger partial charge in [-0.15, -0.1) is 11.6 Å². The molecule has 2 aliphatic carbocycles.